The lowest BCUT2D eigenvalue weighted by Crippen LogP contribution is -2.42. The number of nitrogens with zero attached hydrogens (tertiary/aromatic N) is 1. The molecule has 1 N–H and O–H groups in total. The summed E-state index contributed by atoms with van der Waals surface area (Å²) >= 11 is 1.57. The first kappa shape index (κ1) is 18.6. The van der Waals surface area contributed by atoms with Crippen molar-refractivity contribution in [2.75, 3.05) is 26.3 Å². The van der Waals surface area contributed by atoms with Gasteiger partial charge < -0.3 is 19.7 Å². The Labute approximate surface area is 169 Å². The number of nitrogens with one attached hydrogen (secondary N) is 1. The summed E-state index contributed by atoms with van der Waals surface area (Å²) in [5, 5.41) is 3.46. The van der Waals surface area contributed by atoms with Crippen molar-refractivity contribution in [2.45, 2.75) is 31.3 Å². The molecule has 5 rings (SSSR count). The van der Waals surface area contributed by atoms with E-state index in [1.54, 1.807) is 11.3 Å². The minimum Gasteiger partial charge on any atom is -0.486 e. The highest BCUT2D eigenvalue weighted by molar-refractivity contribution is 7.17. The van der Waals surface area contributed by atoms with Gasteiger partial charge in [0.1, 0.15) is 13.2 Å². The van der Waals surface area contributed by atoms with Gasteiger partial charge in [-0.1, -0.05) is 0 Å². The number of ether oxygens (including phenoxy) is 2. The van der Waals surface area contributed by atoms with Crippen molar-refractivity contribution in [1.82, 2.24) is 10.2 Å². The van der Waals surface area contributed by atoms with Gasteiger partial charge in [-0.2, -0.15) is 0 Å². The van der Waals surface area contributed by atoms with Gasteiger partial charge >= 0.3 is 0 Å². The Morgan fingerprint density at radius 1 is 1.04 bits per heavy atom. The monoisotopic (exact) mass is 406 g/mol. The van der Waals surface area contributed by atoms with Gasteiger partial charge in [-0.05, 0) is 61.7 Å². The van der Waals surface area contributed by atoms with Gasteiger partial charge in [0.2, 0.25) is 0 Å². The lowest BCUT2D eigenvalue weighted by atomic mass is 10.1. The number of carbonyl (C=O) groups excluding carboxylic acids is 1. The molecule has 1 amide bonds. The molecule has 3 aliphatic heterocycles. The number of hydrogen-bond acceptors (Lipinski definition) is 5. The van der Waals surface area contributed by atoms with Crippen LogP contribution in [-0.2, 0) is 0 Å². The Bertz CT molecular complexity index is 826. The first-order valence-corrected chi connectivity index (χ1v) is 10.1. The molecule has 7 heteroatoms. The average molecular weight is 407 g/mol. The Morgan fingerprint density at radius 2 is 1.85 bits per heavy atom. The second kappa shape index (κ2) is 7.70. The van der Waals surface area contributed by atoms with Crippen LogP contribution >= 0.6 is 23.7 Å². The zero-order chi connectivity index (χ0) is 17.5. The molecule has 0 saturated carbocycles. The summed E-state index contributed by atoms with van der Waals surface area (Å²) in [5.74, 6) is 1.77. The highest BCUT2D eigenvalue weighted by Gasteiger charge is 2.38. The van der Waals surface area contributed by atoms with Crippen molar-refractivity contribution in [2.24, 2.45) is 0 Å². The molecule has 27 heavy (non-hydrogen) atoms. The molecule has 0 spiro atoms. The molecule has 2 bridgehead atoms. The van der Waals surface area contributed by atoms with E-state index in [1.807, 2.05) is 30.3 Å². The van der Waals surface area contributed by atoms with Crippen LogP contribution in [-0.4, -0.2) is 49.2 Å². The summed E-state index contributed by atoms with van der Waals surface area (Å²) in [6.45, 7) is 3.11. The fraction of sp³-hybridized carbons (Fsp3) is 0.450. The highest BCUT2D eigenvalue weighted by Crippen LogP contribution is 2.38. The van der Waals surface area contributed by atoms with E-state index in [0.717, 1.165) is 59.2 Å². The van der Waals surface area contributed by atoms with Crippen LogP contribution in [0.1, 0.15) is 28.9 Å². The molecule has 0 radical (unpaired) electrons. The van der Waals surface area contributed by atoms with Gasteiger partial charge in [-0.25, -0.2) is 0 Å². The zero-order valence-corrected chi connectivity index (χ0v) is 16.6. The number of halogens is 1. The number of amides is 1. The average Bonchev–Trinajstić information content (AvgIpc) is 3.25. The van der Waals surface area contributed by atoms with E-state index < -0.39 is 0 Å². The zero-order valence-electron chi connectivity index (χ0n) is 15.0. The van der Waals surface area contributed by atoms with Crippen molar-refractivity contribution >= 4 is 29.7 Å². The van der Waals surface area contributed by atoms with Gasteiger partial charge in [0, 0.05) is 23.5 Å². The normalized spacial score (nSPS) is 23.5. The van der Waals surface area contributed by atoms with E-state index in [9.17, 15) is 4.79 Å². The number of carbonyl (C=O) groups is 1. The number of rotatable bonds is 2. The van der Waals surface area contributed by atoms with Crippen LogP contribution in [0.3, 0.4) is 0 Å². The third-order valence-corrected chi connectivity index (χ3v) is 6.65. The van der Waals surface area contributed by atoms with E-state index in [0.29, 0.717) is 25.3 Å². The molecule has 3 aliphatic rings. The van der Waals surface area contributed by atoms with Crippen molar-refractivity contribution in [3.05, 3.63) is 35.2 Å². The van der Waals surface area contributed by atoms with Crippen LogP contribution < -0.4 is 14.8 Å². The van der Waals surface area contributed by atoms with Crippen molar-refractivity contribution in [3.8, 4) is 21.9 Å². The van der Waals surface area contributed by atoms with E-state index in [-0.39, 0.29) is 18.3 Å². The number of benzene rings is 1. The molecule has 0 aliphatic carbocycles. The smallest absolute Gasteiger partial charge is 0.264 e. The first-order valence-electron chi connectivity index (χ1n) is 9.33. The molecule has 1 aromatic carbocycles. The maximum Gasteiger partial charge on any atom is 0.264 e. The van der Waals surface area contributed by atoms with Gasteiger partial charge in [0.05, 0.1) is 4.88 Å². The molecule has 4 heterocycles. The fourth-order valence-electron chi connectivity index (χ4n) is 4.25. The largest absolute Gasteiger partial charge is 0.486 e. The first-order chi connectivity index (χ1) is 12.8. The molecular formula is C20H23ClN2O3S. The Kier molecular flexibility index (Phi) is 5.30. The summed E-state index contributed by atoms with van der Waals surface area (Å²) in [7, 11) is 0. The Hall–Kier alpha value is -1.76. The predicted octanol–water partition coefficient (Wildman–Crippen LogP) is 3.57. The van der Waals surface area contributed by atoms with Crippen LogP contribution in [0.5, 0.6) is 11.5 Å². The Balaban J connectivity index is 0.00000180. The highest BCUT2D eigenvalue weighted by atomic mass is 35.5. The second-order valence-electron chi connectivity index (χ2n) is 7.11. The van der Waals surface area contributed by atoms with Crippen LogP contribution in [0, 0.1) is 0 Å². The number of thiophene rings is 1. The summed E-state index contributed by atoms with van der Waals surface area (Å²) < 4.78 is 11.3. The quantitative estimate of drug-likeness (QED) is 0.828. The molecule has 144 valence electrons. The van der Waals surface area contributed by atoms with Gasteiger partial charge in [-0.3, -0.25) is 4.79 Å². The lowest BCUT2D eigenvalue weighted by Gasteiger charge is -2.27. The van der Waals surface area contributed by atoms with E-state index in [4.69, 9.17) is 9.47 Å². The standard InChI is InChI=1S/C20H22N2O3S.ClH/c23-20(22-14-2-3-15(22)12-21-8-7-14)19-6-5-18(26-19)13-1-4-16-17(11-13)25-10-9-24-16;/h1,4-6,11,14-15,21H,2-3,7-10,12H2;1H. The third kappa shape index (κ3) is 3.42. The molecule has 1 aromatic heterocycles. The van der Waals surface area contributed by atoms with Crippen molar-refractivity contribution in [3.63, 3.8) is 0 Å². The van der Waals surface area contributed by atoms with Gasteiger partial charge in [0.25, 0.3) is 5.91 Å². The van der Waals surface area contributed by atoms with Gasteiger partial charge in [-0.15, -0.1) is 23.7 Å². The molecule has 2 saturated heterocycles. The predicted molar refractivity (Wildman–Crippen MR) is 108 cm³/mol. The minimum absolute atomic E-state index is 0. The van der Waals surface area contributed by atoms with Crippen LogP contribution in [0.25, 0.3) is 10.4 Å². The number of fused-ring (bicyclic) bond motifs is 3. The summed E-state index contributed by atoms with van der Waals surface area (Å²) in [5.41, 5.74) is 1.07. The third-order valence-electron chi connectivity index (χ3n) is 5.53. The molecular weight excluding hydrogens is 384 g/mol. The van der Waals surface area contributed by atoms with Crippen molar-refractivity contribution < 1.29 is 14.3 Å². The lowest BCUT2D eigenvalue weighted by molar-refractivity contribution is 0.0685. The van der Waals surface area contributed by atoms with Crippen molar-refractivity contribution in [1.29, 1.82) is 0 Å². The molecule has 2 atom stereocenters. The molecule has 5 nitrogen and oxygen atoms in total. The summed E-state index contributed by atoms with van der Waals surface area (Å²) in [6.07, 6.45) is 3.31. The van der Waals surface area contributed by atoms with E-state index in [1.165, 1.54) is 0 Å². The Morgan fingerprint density at radius 3 is 2.74 bits per heavy atom. The molecule has 2 unspecified atom stereocenters. The molecule has 2 aromatic rings. The van der Waals surface area contributed by atoms with Crippen LogP contribution in [0.15, 0.2) is 30.3 Å². The van der Waals surface area contributed by atoms with Crippen LogP contribution in [0.2, 0.25) is 0 Å². The maximum absolute atomic E-state index is 13.2. The minimum atomic E-state index is 0. The summed E-state index contributed by atoms with van der Waals surface area (Å²) in [4.78, 5) is 17.2. The SMILES string of the molecule is Cl.O=C(c1ccc(-c2ccc3c(c2)OCCO3)s1)N1C2CCNCC1CC2. The van der Waals surface area contributed by atoms with Crippen LogP contribution in [0.4, 0.5) is 0 Å². The maximum atomic E-state index is 13.2. The summed E-state index contributed by atoms with van der Waals surface area (Å²) in [6, 6.07) is 10.7. The van der Waals surface area contributed by atoms with Gasteiger partial charge in [0.15, 0.2) is 11.5 Å². The molecule has 2 fully saturated rings. The topological polar surface area (TPSA) is 50.8 Å². The van der Waals surface area contributed by atoms with E-state index in [2.05, 4.69) is 10.2 Å². The number of hydrogen-bond donors (Lipinski definition) is 1. The second-order valence-corrected chi connectivity index (χ2v) is 8.20. The fourth-order valence-corrected chi connectivity index (χ4v) is 5.19. The van der Waals surface area contributed by atoms with E-state index >= 15 is 0 Å².